The van der Waals surface area contributed by atoms with Gasteiger partial charge in [0.1, 0.15) is 6.04 Å². The van der Waals surface area contributed by atoms with Crippen LogP contribution in [0.1, 0.15) is 49.8 Å². The smallest absolute Gasteiger partial charge is 0.326 e. The molecule has 0 heterocycles. The van der Waals surface area contributed by atoms with Crippen LogP contribution in [0.3, 0.4) is 0 Å². The molecule has 1 aliphatic carbocycles. The van der Waals surface area contributed by atoms with Gasteiger partial charge in [0.15, 0.2) is 0 Å². The zero-order valence-corrected chi connectivity index (χ0v) is 14.0. The number of carbonyl (C=O) groups excluding carboxylic acids is 2. The minimum absolute atomic E-state index is 0.0110. The Hall–Kier alpha value is -2.37. The van der Waals surface area contributed by atoms with E-state index in [1.165, 1.54) is 6.92 Å². The summed E-state index contributed by atoms with van der Waals surface area (Å²) in [7, 11) is 0. The number of hydrogen-bond donors (Lipinski definition) is 3. The first-order valence-electron chi connectivity index (χ1n) is 8.21. The van der Waals surface area contributed by atoms with Crippen LogP contribution in [0.15, 0.2) is 24.3 Å². The zero-order chi connectivity index (χ0) is 17.7. The predicted molar refractivity (Wildman–Crippen MR) is 89.3 cm³/mol. The molecule has 1 aliphatic rings. The summed E-state index contributed by atoms with van der Waals surface area (Å²) >= 11 is 0. The first kappa shape index (κ1) is 18.0. The Bertz CT molecular complexity index is 608. The van der Waals surface area contributed by atoms with Gasteiger partial charge in [-0.1, -0.05) is 42.7 Å². The molecule has 6 nitrogen and oxygen atoms in total. The van der Waals surface area contributed by atoms with Crippen LogP contribution in [0, 0.1) is 12.8 Å². The summed E-state index contributed by atoms with van der Waals surface area (Å²) in [5.41, 5.74) is 1.90. The molecule has 1 aromatic rings. The lowest BCUT2D eigenvalue weighted by Gasteiger charge is -2.20. The lowest BCUT2D eigenvalue weighted by molar-refractivity contribution is -0.142. The highest BCUT2D eigenvalue weighted by atomic mass is 16.4. The molecule has 2 unspecified atom stereocenters. The van der Waals surface area contributed by atoms with Gasteiger partial charge in [0.05, 0.1) is 12.5 Å². The van der Waals surface area contributed by atoms with Crippen molar-refractivity contribution in [1.82, 2.24) is 10.6 Å². The normalized spacial score (nSPS) is 16.1. The molecule has 2 atom stereocenters. The quantitative estimate of drug-likeness (QED) is 0.678. The Labute approximate surface area is 141 Å². The third kappa shape index (κ3) is 5.68. The van der Waals surface area contributed by atoms with Gasteiger partial charge < -0.3 is 15.7 Å². The standard InChI is InChI=1S/C18H24N2O4/c1-11-3-7-14(8-4-11)15(19-12(2)21)10-17(22)20-16(18(23)24)9-13-5-6-13/h3-4,7-8,13,15-16H,5-6,9-10H2,1-2H3,(H,19,21)(H,20,22)(H,23,24). The lowest BCUT2D eigenvalue weighted by Crippen LogP contribution is -2.42. The van der Waals surface area contributed by atoms with Crippen LogP contribution in [-0.4, -0.2) is 28.9 Å². The predicted octanol–water partition coefficient (Wildman–Crippen LogP) is 1.93. The number of aryl methyl sites for hydroxylation is 1. The van der Waals surface area contributed by atoms with E-state index in [9.17, 15) is 19.5 Å². The van der Waals surface area contributed by atoms with Crippen LogP contribution in [0.4, 0.5) is 0 Å². The van der Waals surface area contributed by atoms with Crippen LogP contribution in [0.25, 0.3) is 0 Å². The second kappa shape index (κ2) is 7.95. The molecule has 0 aliphatic heterocycles. The summed E-state index contributed by atoms with van der Waals surface area (Å²) in [6.07, 6.45) is 2.53. The van der Waals surface area contributed by atoms with Crippen LogP contribution in [0.2, 0.25) is 0 Å². The van der Waals surface area contributed by atoms with Crippen molar-refractivity contribution >= 4 is 17.8 Å². The minimum atomic E-state index is -1.01. The number of nitrogens with one attached hydrogen (secondary N) is 2. The van der Waals surface area contributed by atoms with Crippen LogP contribution < -0.4 is 10.6 Å². The summed E-state index contributed by atoms with van der Waals surface area (Å²) < 4.78 is 0. The fourth-order valence-electron chi connectivity index (χ4n) is 2.64. The summed E-state index contributed by atoms with van der Waals surface area (Å²) in [5, 5.41) is 14.6. The maximum absolute atomic E-state index is 12.3. The van der Waals surface area contributed by atoms with Crippen molar-refractivity contribution in [2.24, 2.45) is 5.92 Å². The van der Waals surface area contributed by atoms with Crippen molar-refractivity contribution in [3.8, 4) is 0 Å². The second-order valence-corrected chi connectivity index (χ2v) is 6.51. The van der Waals surface area contributed by atoms with E-state index >= 15 is 0 Å². The Kier molecular flexibility index (Phi) is 5.95. The molecular weight excluding hydrogens is 308 g/mol. The molecule has 0 aromatic heterocycles. The molecule has 6 heteroatoms. The number of carboxylic acids is 1. The van der Waals surface area contributed by atoms with E-state index in [2.05, 4.69) is 10.6 Å². The van der Waals surface area contributed by atoms with Crippen molar-refractivity contribution in [3.05, 3.63) is 35.4 Å². The summed E-state index contributed by atoms with van der Waals surface area (Å²) in [6.45, 7) is 3.35. The molecule has 0 radical (unpaired) electrons. The average molecular weight is 332 g/mol. The second-order valence-electron chi connectivity index (χ2n) is 6.51. The van der Waals surface area contributed by atoms with Crippen LogP contribution >= 0.6 is 0 Å². The average Bonchev–Trinajstić information content (AvgIpc) is 3.30. The van der Waals surface area contributed by atoms with Gasteiger partial charge in [-0.15, -0.1) is 0 Å². The van der Waals surface area contributed by atoms with E-state index in [0.29, 0.717) is 12.3 Å². The Morgan fingerprint density at radius 3 is 2.29 bits per heavy atom. The Morgan fingerprint density at radius 2 is 1.79 bits per heavy atom. The summed E-state index contributed by atoms with van der Waals surface area (Å²) in [4.78, 5) is 35.0. The number of amides is 2. The number of carbonyl (C=O) groups is 3. The van der Waals surface area contributed by atoms with Crippen molar-refractivity contribution in [1.29, 1.82) is 0 Å². The van der Waals surface area contributed by atoms with Gasteiger partial charge in [-0.2, -0.15) is 0 Å². The van der Waals surface area contributed by atoms with Crippen molar-refractivity contribution in [2.75, 3.05) is 0 Å². The highest BCUT2D eigenvalue weighted by molar-refractivity contribution is 5.84. The third-order valence-corrected chi connectivity index (χ3v) is 4.15. The van der Waals surface area contributed by atoms with E-state index < -0.39 is 18.1 Å². The van der Waals surface area contributed by atoms with Gasteiger partial charge in [-0.25, -0.2) is 4.79 Å². The Balaban J connectivity index is 2.01. The van der Waals surface area contributed by atoms with Crippen LogP contribution in [0.5, 0.6) is 0 Å². The van der Waals surface area contributed by atoms with Crippen molar-refractivity contribution in [3.63, 3.8) is 0 Å². The molecule has 0 saturated heterocycles. The molecule has 1 aromatic carbocycles. The number of rotatable bonds is 8. The molecule has 24 heavy (non-hydrogen) atoms. The number of carboxylic acid groups (broad SMARTS) is 1. The number of benzene rings is 1. The third-order valence-electron chi connectivity index (χ3n) is 4.15. The zero-order valence-electron chi connectivity index (χ0n) is 14.0. The minimum Gasteiger partial charge on any atom is -0.480 e. The van der Waals surface area contributed by atoms with E-state index in [0.717, 1.165) is 24.0 Å². The van der Waals surface area contributed by atoms with Gasteiger partial charge >= 0.3 is 5.97 Å². The number of hydrogen-bond acceptors (Lipinski definition) is 3. The Morgan fingerprint density at radius 1 is 1.17 bits per heavy atom. The molecule has 0 spiro atoms. The molecule has 130 valence electrons. The summed E-state index contributed by atoms with van der Waals surface area (Å²) in [6, 6.07) is 6.22. The fourth-order valence-corrected chi connectivity index (χ4v) is 2.64. The van der Waals surface area contributed by atoms with Gasteiger partial charge in [0.2, 0.25) is 11.8 Å². The molecule has 2 rings (SSSR count). The van der Waals surface area contributed by atoms with E-state index in [4.69, 9.17) is 0 Å². The molecule has 1 saturated carbocycles. The van der Waals surface area contributed by atoms with Crippen molar-refractivity contribution in [2.45, 2.75) is 51.6 Å². The van der Waals surface area contributed by atoms with Crippen molar-refractivity contribution < 1.29 is 19.5 Å². The first-order valence-corrected chi connectivity index (χ1v) is 8.21. The monoisotopic (exact) mass is 332 g/mol. The highest BCUT2D eigenvalue weighted by Gasteiger charge is 2.30. The van der Waals surface area contributed by atoms with E-state index in [-0.39, 0.29) is 18.2 Å². The maximum Gasteiger partial charge on any atom is 0.326 e. The van der Waals surface area contributed by atoms with Gasteiger partial charge in [-0.3, -0.25) is 9.59 Å². The highest BCUT2D eigenvalue weighted by Crippen LogP contribution is 2.33. The van der Waals surface area contributed by atoms with Gasteiger partial charge in [0.25, 0.3) is 0 Å². The molecule has 0 bridgehead atoms. The lowest BCUT2D eigenvalue weighted by atomic mass is 10.0. The molecule has 3 N–H and O–H groups in total. The topological polar surface area (TPSA) is 95.5 Å². The number of aliphatic carboxylic acids is 1. The SMILES string of the molecule is CC(=O)NC(CC(=O)NC(CC1CC1)C(=O)O)c1ccc(C)cc1. The molecule has 1 fully saturated rings. The molecular formula is C18H24N2O4. The van der Waals surface area contributed by atoms with Crippen LogP contribution in [-0.2, 0) is 14.4 Å². The largest absolute Gasteiger partial charge is 0.480 e. The van der Waals surface area contributed by atoms with E-state index in [1.54, 1.807) is 0 Å². The van der Waals surface area contributed by atoms with Gasteiger partial charge in [0, 0.05) is 6.92 Å². The first-order chi connectivity index (χ1) is 11.3. The van der Waals surface area contributed by atoms with Gasteiger partial charge in [-0.05, 0) is 24.8 Å². The summed E-state index contributed by atoms with van der Waals surface area (Å²) in [5.74, 6) is -1.22. The van der Waals surface area contributed by atoms with E-state index in [1.807, 2.05) is 31.2 Å². The maximum atomic E-state index is 12.3. The molecule has 2 amide bonds. The fraction of sp³-hybridized carbons (Fsp3) is 0.500.